The first kappa shape index (κ1) is 15.8. The number of aromatic nitrogens is 1. The Labute approximate surface area is 139 Å². The van der Waals surface area contributed by atoms with Gasteiger partial charge in [0.05, 0.1) is 6.61 Å². The van der Waals surface area contributed by atoms with Crippen molar-refractivity contribution in [1.29, 1.82) is 0 Å². The molecule has 0 spiro atoms. The summed E-state index contributed by atoms with van der Waals surface area (Å²) < 4.78 is 5.22. The lowest BCUT2D eigenvalue weighted by Gasteiger charge is -2.06. The Morgan fingerprint density at radius 3 is 2.46 bits per heavy atom. The van der Waals surface area contributed by atoms with Gasteiger partial charge in [0.25, 0.3) is 0 Å². The van der Waals surface area contributed by atoms with E-state index >= 15 is 0 Å². The Kier molecular flexibility index (Phi) is 4.88. The van der Waals surface area contributed by atoms with Crippen LogP contribution in [0.3, 0.4) is 0 Å². The highest BCUT2D eigenvalue weighted by molar-refractivity contribution is 5.88. The molecule has 0 aliphatic heterocycles. The fraction of sp³-hybridized carbons (Fsp3) is 0.111. The van der Waals surface area contributed by atoms with Crippen molar-refractivity contribution in [3.63, 3.8) is 0 Å². The third-order valence-electron chi connectivity index (χ3n) is 3.47. The zero-order chi connectivity index (χ0) is 16.8. The van der Waals surface area contributed by atoms with Gasteiger partial charge in [-0.1, -0.05) is 59.8 Å². The van der Waals surface area contributed by atoms with E-state index in [0.29, 0.717) is 18.1 Å². The summed E-state index contributed by atoms with van der Waals surface area (Å²) in [4.78, 5) is 11.9. The number of amides is 2. The molecule has 0 aliphatic carbocycles. The summed E-state index contributed by atoms with van der Waals surface area (Å²) in [5, 5.41) is 18.2. The van der Waals surface area contributed by atoms with Gasteiger partial charge in [0.15, 0.2) is 11.6 Å². The first-order valence-corrected chi connectivity index (χ1v) is 7.50. The number of benzene rings is 2. The lowest BCUT2D eigenvalue weighted by Crippen LogP contribution is -2.28. The van der Waals surface area contributed by atoms with Crippen molar-refractivity contribution in [2.75, 3.05) is 5.32 Å². The van der Waals surface area contributed by atoms with Crippen LogP contribution in [0.15, 0.2) is 65.2 Å². The number of aliphatic hydroxyl groups excluding tert-OH is 1. The van der Waals surface area contributed by atoms with Gasteiger partial charge in [0.2, 0.25) is 0 Å². The van der Waals surface area contributed by atoms with Crippen molar-refractivity contribution in [2.24, 2.45) is 0 Å². The third-order valence-corrected chi connectivity index (χ3v) is 3.47. The van der Waals surface area contributed by atoms with E-state index in [1.165, 1.54) is 0 Å². The van der Waals surface area contributed by atoms with Gasteiger partial charge < -0.3 is 14.9 Å². The topological polar surface area (TPSA) is 87.4 Å². The number of carbonyl (C=O) groups excluding carboxylic acids is 1. The second-order valence-electron chi connectivity index (χ2n) is 5.22. The molecule has 2 aromatic carbocycles. The lowest BCUT2D eigenvalue weighted by molar-refractivity contribution is 0.251. The molecule has 122 valence electrons. The fourth-order valence-corrected chi connectivity index (χ4v) is 2.18. The maximum Gasteiger partial charge on any atom is 0.320 e. The van der Waals surface area contributed by atoms with Crippen molar-refractivity contribution in [2.45, 2.75) is 13.2 Å². The van der Waals surface area contributed by atoms with Gasteiger partial charge in [0.1, 0.15) is 0 Å². The van der Waals surface area contributed by atoms with Crippen LogP contribution in [0.4, 0.5) is 10.6 Å². The van der Waals surface area contributed by atoms with E-state index in [-0.39, 0.29) is 12.6 Å². The van der Waals surface area contributed by atoms with Gasteiger partial charge in [-0.05, 0) is 11.1 Å². The van der Waals surface area contributed by atoms with Crippen LogP contribution < -0.4 is 10.6 Å². The second-order valence-corrected chi connectivity index (χ2v) is 5.22. The van der Waals surface area contributed by atoms with Crippen molar-refractivity contribution in [1.82, 2.24) is 10.5 Å². The first-order valence-electron chi connectivity index (χ1n) is 7.50. The van der Waals surface area contributed by atoms with E-state index in [0.717, 1.165) is 16.7 Å². The normalized spacial score (nSPS) is 10.4. The van der Waals surface area contributed by atoms with Crippen molar-refractivity contribution in [3.05, 3.63) is 71.8 Å². The van der Waals surface area contributed by atoms with Crippen molar-refractivity contribution in [3.8, 4) is 11.3 Å². The van der Waals surface area contributed by atoms with Crippen LogP contribution in [0.25, 0.3) is 11.3 Å². The summed E-state index contributed by atoms with van der Waals surface area (Å²) in [6, 6.07) is 18.2. The molecule has 3 aromatic rings. The predicted molar refractivity (Wildman–Crippen MR) is 90.2 cm³/mol. The molecule has 2 amide bonds. The molecule has 6 heteroatoms. The van der Waals surface area contributed by atoms with Crippen LogP contribution in [0.5, 0.6) is 0 Å². The zero-order valence-corrected chi connectivity index (χ0v) is 12.9. The monoisotopic (exact) mass is 323 g/mol. The molecule has 3 N–H and O–H groups in total. The minimum Gasteiger partial charge on any atom is -0.392 e. The molecule has 0 saturated heterocycles. The maximum absolute atomic E-state index is 11.9. The summed E-state index contributed by atoms with van der Waals surface area (Å²) in [7, 11) is 0. The van der Waals surface area contributed by atoms with Crippen LogP contribution in [-0.2, 0) is 13.2 Å². The maximum atomic E-state index is 11.9. The van der Waals surface area contributed by atoms with E-state index in [9.17, 15) is 4.79 Å². The molecule has 1 aromatic heterocycles. The average molecular weight is 323 g/mol. The highest BCUT2D eigenvalue weighted by Crippen LogP contribution is 2.21. The molecule has 0 radical (unpaired) electrons. The van der Waals surface area contributed by atoms with Crippen LogP contribution >= 0.6 is 0 Å². The summed E-state index contributed by atoms with van der Waals surface area (Å²) in [5.74, 6) is 0.937. The van der Waals surface area contributed by atoms with Crippen molar-refractivity contribution < 1.29 is 14.4 Å². The molecule has 0 aliphatic rings. The van der Waals surface area contributed by atoms with Gasteiger partial charge in [-0.2, -0.15) is 0 Å². The highest BCUT2D eigenvalue weighted by Gasteiger charge is 2.09. The zero-order valence-electron chi connectivity index (χ0n) is 12.9. The van der Waals surface area contributed by atoms with Crippen molar-refractivity contribution >= 4 is 11.8 Å². The summed E-state index contributed by atoms with van der Waals surface area (Å²) in [5.41, 5.74) is 2.66. The standard InChI is InChI=1S/C18H17N3O3/c22-12-14-8-6-13(7-9-14)11-19-18(23)20-17-10-16(24-21-17)15-4-2-1-3-5-15/h1-10,22H,11-12H2,(H2,19,20,21,23). The number of urea groups is 1. The van der Waals surface area contributed by atoms with Crippen LogP contribution in [0.1, 0.15) is 11.1 Å². The summed E-state index contributed by atoms with van der Waals surface area (Å²) in [6.45, 7) is 0.380. The SMILES string of the molecule is O=C(NCc1ccc(CO)cc1)Nc1cc(-c2ccccc2)on1. The highest BCUT2D eigenvalue weighted by atomic mass is 16.5. The Morgan fingerprint density at radius 2 is 1.75 bits per heavy atom. The van der Waals surface area contributed by atoms with Crippen LogP contribution in [0, 0.1) is 0 Å². The number of hydrogen-bond acceptors (Lipinski definition) is 4. The van der Waals surface area contributed by atoms with E-state index in [2.05, 4.69) is 15.8 Å². The Hall–Kier alpha value is -3.12. The molecule has 6 nitrogen and oxygen atoms in total. The molecule has 0 atom stereocenters. The molecule has 1 heterocycles. The molecule has 3 rings (SSSR count). The molecule has 0 bridgehead atoms. The number of nitrogens with one attached hydrogen (secondary N) is 2. The number of hydrogen-bond donors (Lipinski definition) is 3. The van der Waals surface area contributed by atoms with E-state index in [1.807, 2.05) is 54.6 Å². The Bertz CT molecular complexity index is 798. The van der Waals surface area contributed by atoms with Gasteiger partial charge in [-0.3, -0.25) is 5.32 Å². The van der Waals surface area contributed by atoms with E-state index < -0.39 is 0 Å². The molecule has 0 fully saturated rings. The van der Waals surface area contributed by atoms with Crippen LogP contribution in [0.2, 0.25) is 0 Å². The van der Waals surface area contributed by atoms with Gasteiger partial charge in [0, 0.05) is 18.2 Å². The number of aliphatic hydroxyl groups is 1. The third kappa shape index (κ3) is 3.99. The lowest BCUT2D eigenvalue weighted by atomic mass is 10.1. The minimum absolute atomic E-state index is 0.00407. The molecular formula is C18H17N3O3. The smallest absolute Gasteiger partial charge is 0.320 e. The van der Waals surface area contributed by atoms with E-state index in [1.54, 1.807) is 6.07 Å². The molecule has 0 unspecified atom stereocenters. The fourth-order valence-electron chi connectivity index (χ4n) is 2.18. The predicted octanol–water partition coefficient (Wildman–Crippen LogP) is 3.16. The largest absolute Gasteiger partial charge is 0.392 e. The second kappa shape index (κ2) is 7.43. The average Bonchev–Trinajstić information content (AvgIpc) is 3.09. The Morgan fingerprint density at radius 1 is 1.04 bits per heavy atom. The first-order chi connectivity index (χ1) is 11.7. The summed E-state index contributed by atoms with van der Waals surface area (Å²) in [6.07, 6.45) is 0. The quantitative estimate of drug-likeness (QED) is 0.673. The molecular weight excluding hydrogens is 306 g/mol. The number of carbonyl (C=O) groups is 1. The number of rotatable bonds is 5. The number of anilines is 1. The molecule has 0 saturated carbocycles. The van der Waals surface area contributed by atoms with Gasteiger partial charge in [-0.25, -0.2) is 4.79 Å². The minimum atomic E-state index is -0.367. The Balaban J connectivity index is 1.54. The van der Waals surface area contributed by atoms with E-state index in [4.69, 9.17) is 9.63 Å². The summed E-state index contributed by atoms with van der Waals surface area (Å²) >= 11 is 0. The van der Waals surface area contributed by atoms with Gasteiger partial charge >= 0.3 is 6.03 Å². The van der Waals surface area contributed by atoms with Gasteiger partial charge in [-0.15, -0.1) is 0 Å². The number of nitrogens with zero attached hydrogens (tertiary/aromatic N) is 1. The van der Waals surface area contributed by atoms with Crippen LogP contribution in [-0.4, -0.2) is 16.3 Å². The molecule has 24 heavy (non-hydrogen) atoms.